The molecule has 10 heavy (non-hydrogen) atoms. The molecule has 0 N–H and O–H groups in total. The normalized spacial score (nSPS) is 9.00. The van der Waals surface area contributed by atoms with Gasteiger partial charge in [-0.25, -0.2) is 0 Å². The van der Waals surface area contributed by atoms with Gasteiger partial charge in [-0.15, -0.1) is 0 Å². The molecule has 0 aromatic heterocycles. The number of rotatable bonds is 6. The standard InChI is InChI=1S/C9H19.Hg/c1-3-5-7-9-8-6-4-2;/h1,3-9H2,2H3;. The van der Waals surface area contributed by atoms with E-state index in [1.54, 1.807) is 0 Å². The van der Waals surface area contributed by atoms with Gasteiger partial charge in [0.25, 0.3) is 0 Å². The molecule has 0 unspecified atom stereocenters. The topological polar surface area (TPSA) is 0 Å². The summed E-state index contributed by atoms with van der Waals surface area (Å²) in [5.41, 5.74) is 0. The van der Waals surface area contributed by atoms with Crippen molar-refractivity contribution in [3.8, 4) is 0 Å². The van der Waals surface area contributed by atoms with Crippen molar-refractivity contribution in [1.29, 1.82) is 0 Å². The summed E-state index contributed by atoms with van der Waals surface area (Å²) in [7, 11) is 0. The summed E-state index contributed by atoms with van der Waals surface area (Å²) in [6.45, 7) is 6.05. The van der Waals surface area contributed by atoms with E-state index in [0.29, 0.717) is 0 Å². The van der Waals surface area contributed by atoms with E-state index < -0.39 is 0 Å². The Labute approximate surface area is 86.3 Å². The average molecular weight is 328 g/mol. The quantitative estimate of drug-likeness (QED) is 0.517. The van der Waals surface area contributed by atoms with Crippen LogP contribution in [0.15, 0.2) is 0 Å². The maximum Gasteiger partial charge on any atom is 0 e. The van der Waals surface area contributed by atoms with Crippen LogP contribution in [0.4, 0.5) is 0 Å². The Hall–Kier alpha value is 0.935. The third-order valence-corrected chi connectivity index (χ3v) is 1.60. The molecule has 0 heterocycles. The number of hydrogen-bond acceptors (Lipinski definition) is 0. The fourth-order valence-corrected chi connectivity index (χ4v) is 0.957. The van der Waals surface area contributed by atoms with E-state index in [1.807, 2.05) is 0 Å². The average Bonchev–Trinajstić information content (AvgIpc) is 1.89. The second-order valence-electron chi connectivity index (χ2n) is 2.62. The predicted octanol–water partition coefficient (Wildman–Crippen LogP) is 3.57. The van der Waals surface area contributed by atoms with Crippen molar-refractivity contribution in [2.24, 2.45) is 0 Å². The zero-order valence-corrected chi connectivity index (χ0v) is 12.9. The summed E-state index contributed by atoms with van der Waals surface area (Å²) in [6.07, 6.45) is 9.45. The van der Waals surface area contributed by atoms with E-state index in [4.69, 9.17) is 0 Å². The Morgan fingerprint density at radius 3 is 1.90 bits per heavy atom. The van der Waals surface area contributed by atoms with Gasteiger partial charge in [-0.1, -0.05) is 58.8 Å². The maximum atomic E-state index is 3.80. The first kappa shape index (κ1) is 13.5. The minimum absolute atomic E-state index is 0. The molecule has 0 rings (SSSR count). The molecule has 0 aromatic rings. The van der Waals surface area contributed by atoms with Gasteiger partial charge in [0.05, 0.1) is 0 Å². The Balaban J connectivity index is 0. The molecule has 0 aromatic carbocycles. The Morgan fingerprint density at radius 1 is 0.900 bits per heavy atom. The molecule has 0 aliphatic carbocycles. The molecule has 0 atom stereocenters. The van der Waals surface area contributed by atoms with Crippen molar-refractivity contribution in [2.45, 2.75) is 51.9 Å². The van der Waals surface area contributed by atoms with Gasteiger partial charge in [0.15, 0.2) is 0 Å². The molecule has 0 aliphatic heterocycles. The van der Waals surface area contributed by atoms with Crippen LogP contribution in [0.1, 0.15) is 51.9 Å². The van der Waals surface area contributed by atoms with Gasteiger partial charge in [0.2, 0.25) is 0 Å². The molecule has 0 nitrogen and oxygen atoms in total. The summed E-state index contributed by atoms with van der Waals surface area (Å²) in [5.74, 6) is 0. The Bertz CT molecular complexity index is 38.0. The van der Waals surface area contributed by atoms with E-state index in [9.17, 15) is 0 Å². The molecular formula is C9H19Hg. The second kappa shape index (κ2) is 12.6. The fraction of sp³-hybridized carbons (Fsp3) is 0.889. The van der Waals surface area contributed by atoms with Crippen molar-refractivity contribution in [3.05, 3.63) is 6.92 Å². The van der Waals surface area contributed by atoms with Crippen LogP contribution < -0.4 is 0 Å². The van der Waals surface area contributed by atoms with Gasteiger partial charge in [0, 0.05) is 27.7 Å². The van der Waals surface area contributed by atoms with Gasteiger partial charge in [-0.2, -0.15) is 0 Å². The van der Waals surface area contributed by atoms with Gasteiger partial charge < -0.3 is 0 Å². The summed E-state index contributed by atoms with van der Waals surface area (Å²) in [4.78, 5) is 0. The molecule has 0 spiro atoms. The monoisotopic (exact) mass is 329 g/mol. The Morgan fingerprint density at radius 2 is 1.40 bits per heavy atom. The predicted molar refractivity (Wildman–Crippen MR) is 43.4 cm³/mol. The van der Waals surface area contributed by atoms with E-state index in [0.717, 1.165) is 6.42 Å². The van der Waals surface area contributed by atoms with Crippen molar-refractivity contribution < 1.29 is 27.7 Å². The minimum atomic E-state index is 0. The van der Waals surface area contributed by atoms with Gasteiger partial charge in [-0.3, -0.25) is 0 Å². The minimum Gasteiger partial charge on any atom is -0.0654 e. The van der Waals surface area contributed by atoms with E-state index >= 15 is 0 Å². The van der Waals surface area contributed by atoms with Crippen molar-refractivity contribution in [1.82, 2.24) is 0 Å². The maximum absolute atomic E-state index is 3.80. The third-order valence-electron chi connectivity index (χ3n) is 1.60. The zero-order chi connectivity index (χ0) is 6.95. The Kier molecular flexibility index (Phi) is 17.0. The van der Waals surface area contributed by atoms with Crippen LogP contribution in [0.25, 0.3) is 0 Å². The first-order valence-electron chi connectivity index (χ1n) is 4.21. The molecule has 0 amide bonds. The van der Waals surface area contributed by atoms with Gasteiger partial charge >= 0.3 is 0 Å². The zero-order valence-electron chi connectivity index (χ0n) is 7.36. The van der Waals surface area contributed by atoms with E-state index in [2.05, 4.69) is 13.8 Å². The van der Waals surface area contributed by atoms with Crippen LogP contribution >= 0.6 is 0 Å². The fourth-order valence-electron chi connectivity index (χ4n) is 0.957. The van der Waals surface area contributed by atoms with Crippen LogP contribution in [0, 0.1) is 6.92 Å². The van der Waals surface area contributed by atoms with Crippen LogP contribution in [0.2, 0.25) is 0 Å². The number of hydrogen-bond donors (Lipinski definition) is 0. The molecule has 1 radical (unpaired) electrons. The molecule has 1 heteroatoms. The van der Waals surface area contributed by atoms with Gasteiger partial charge in [0.1, 0.15) is 0 Å². The second-order valence-corrected chi connectivity index (χ2v) is 2.62. The van der Waals surface area contributed by atoms with Crippen LogP contribution in [0.3, 0.4) is 0 Å². The first-order valence-corrected chi connectivity index (χ1v) is 4.21. The van der Waals surface area contributed by atoms with Crippen LogP contribution in [-0.4, -0.2) is 0 Å². The summed E-state index contributed by atoms with van der Waals surface area (Å²) in [6, 6.07) is 0. The molecule has 57 valence electrons. The van der Waals surface area contributed by atoms with Crippen molar-refractivity contribution >= 4 is 0 Å². The molecule has 0 saturated heterocycles. The smallest absolute Gasteiger partial charge is 0 e. The summed E-state index contributed by atoms with van der Waals surface area (Å²) < 4.78 is 0. The molecule has 0 saturated carbocycles. The summed E-state index contributed by atoms with van der Waals surface area (Å²) >= 11 is 0. The van der Waals surface area contributed by atoms with Gasteiger partial charge in [-0.05, 0) is 0 Å². The van der Waals surface area contributed by atoms with Crippen LogP contribution in [0.5, 0.6) is 0 Å². The molecule has 0 bridgehead atoms. The van der Waals surface area contributed by atoms with Crippen molar-refractivity contribution in [2.75, 3.05) is 0 Å². The largest absolute Gasteiger partial charge is 0.0654 e. The molecule has 0 fully saturated rings. The number of unbranched alkanes of at least 4 members (excludes halogenated alkanes) is 6. The van der Waals surface area contributed by atoms with E-state index in [-0.39, 0.29) is 27.7 Å². The third kappa shape index (κ3) is 11.7. The molecular weight excluding hydrogens is 309 g/mol. The van der Waals surface area contributed by atoms with E-state index in [1.165, 1.54) is 38.5 Å². The first-order chi connectivity index (χ1) is 4.41. The SMILES string of the molecule is [CH2]CCCCCCCC.[Hg]. The van der Waals surface area contributed by atoms with Crippen LogP contribution in [-0.2, 0) is 27.7 Å². The van der Waals surface area contributed by atoms with Crippen molar-refractivity contribution in [3.63, 3.8) is 0 Å². The summed E-state index contributed by atoms with van der Waals surface area (Å²) in [5, 5.41) is 0. The molecule has 0 aliphatic rings.